The lowest BCUT2D eigenvalue weighted by Crippen LogP contribution is -2.40. The van der Waals surface area contributed by atoms with Gasteiger partial charge in [0.1, 0.15) is 5.75 Å². The first-order chi connectivity index (χ1) is 18.4. The van der Waals surface area contributed by atoms with Crippen LogP contribution in [-0.4, -0.2) is 44.2 Å². The molecule has 4 rings (SSSR count). The number of esters is 1. The molecule has 3 aromatic carbocycles. The van der Waals surface area contributed by atoms with E-state index in [2.05, 4.69) is 4.90 Å². The first kappa shape index (κ1) is 28.4. The van der Waals surface area contributed by atoms with Crippen LogP contribution in [0.3, 0.4) is 0 Å². The number of benzene rings is 3. The second-order valence-electron chi connectivity index (χ2n) is 9.05. The largest absolute Gasteiger partial charge is 0.496 e. The molecule has 11 heteroatoms. The quantitative estimate of drug-likeness (QED) is 0.241. The molecule has 0 fully saturated rings. The molecule has 0 radical (unpaired) electrons. The molecular formula is C28H25ClF4N2O4. The van der Waals surface area contributed by atoms with Gasteiger partial charge in [0.2, 0.25) is 5.67 Å². The topological polar surface area (TPSA) is 59.1 Å². The SMILES string of the molecule is CCN(C)Cc1ccc(C(=O)OCN2C(=O)[C@@](F)(c3cc(Cl)ccc3OC)c3ccc(C(F)(F)F)cc32)cc1. The van der Waals surface area contributed by atoms with Crippen LogP contribution in [0.4, 0.5) is 23.2 Å². The van der Waals surface area contributed by atoms with Crippen molar-refractivity contribution in [3.05, 3.63) is 93.5 Å². The number of fused-ring (bicyclic) bond motifs is 1. The summed E-state index contributed by atoms with van der Waals surface area (Å²) in [5.74, 6) is -2.11. The number of methoxy groups -OCH3 is 1. The third-order valence-electron chi connectivity index (χ3n) is 6.57. The highest BCUT2D eigenvalue weighted by Crippen LogP contribution is 2.51. The fourth-order valence-electron chi connectivity index (χ4n) is 4.35. The molecule has 6 nitrogen and oxygen atoms in total. The van der Waals surface area contributed by atoms with Crippen molar-refractivity contribution in [2.45, 2.75) is 25.3 Å². The molecule has 39 heavy (non-hydrogen) atoms. The molecule has 0 unspecified atom stereocenters. The number of amides is 1. The molecule has 1 atom stereocenters. The molecule has 0 saturated carbocycles. The summed E-state index contributed by atoms with van der Waals surface area (Å²) in [6, 6.07) is 12.7. The second-order valence-corrected chi connectivity index (χ2v) is 9.49. The summed E-state index contributed by atoms with van der Waals surface area (Å²) in [4.78, 5) is 29.0. The number of ether oxygens (including phenoxy) is 2. The van der Waals surface area contributed by atoms with Gasteiger partial charge >= 0.3 is 12.1 Å². The molecule has 0 aliphatic carbocycles. The van der Waals surface area contributed by atoms with E-state index in [-0.39, 0.29) is 33.1 Å². The van der Waals surface area contributed by atoms with Gasteiger partial charge in [-0.25, -0.2) is 9.18 Å². The number of carbonyl (C=O) groups excluding carboxylic acids is 2. The first-order valence-electron chi connectivity index (χ1n) is 11.9. The molecule has 0 saturated heterocycles. The summed E-state index contributed by atoms with van der Waals surface area (Å²) >= 11 is 6.06. The molecule has 0 N–H and O–H groups in total. The monoisotopic (exact) mass is 564 g/mol. The summed E-state index contributed by atoms with van der Waals surface area (Å²) in [6.45, 7) is 2.69. The van der Waals surface area contributed by atoms with Gasteiger partial charge in [-0.1, -0.05) is 36.7 Å². The zero-order valence-electron chi connectivity index (χ0n) is 21.3. The van der Waals surface area contributed by atoms with Crippen LogP contribution >= 0.6 is 11.6 Å². The molecule has 0 aromatic heterocycles. The molecule has 1 heterocycles. The number of hydrogen-bond donors (Lipinski definition) is 0. The maximum atomic E-state index is 16.8. The van der Waals surface area contributed by atoms with E-state index in [1.807, 2.05) is 14.0 Å². The van der Waals surface area contributed by atoms with Crippen molar-refractivity contribution >= 4 is 29.2 Å². The molecule has 206 valence electrons. The van der Waals surface area contributed by atoms with Gasteiger partial charge in [-0.15, -0.1) is 0 Å². The highest BCUT2D eigenvalue weighted by molar-refractivity contribution is 6.30. The molecule has 0 bridgehead atoms. The Kier molecular flexibility index (Phi) is 7.90. The minimum absolute atomic E-state index is 0.0336. The molecular weight excluding hydrogens is 540 g/mol. The van der Waals surface area contributed by atoms with E-state index in [0.717, 1.165) is 18.2 Å². The van der Waals surface area contributed by atoms with Crippen LogP contribution in [-0.2, 0) is 27.9 Å². The van der Waals surface area contributed by atoms with E-state index in [1.54, 1.807) is 24.3 Å². The normalized spacial score (nSPS) is 16.9. The smallest absolute Gasteiger partial charge is 0.416 e. The van der Waals surface area contributed by atoms with Gasteiger partial charge in [0.25, 0.3) is 5.91 Å². The lowest BCUT2D eigenvalue weighted by Gasteiger charge is -2.23. The third kappa shape index (κ3) is 5.44. The molecule has 3 aromatic rings. The van der Waals surface area contributed by atoms with Crippen LogP contribution < -0.4 is 9.64 Å². The maximum absolute atomic E-state index is 16.8. The van der Waals surface area contributed by atoms with Gasteiger partial charge in [-0.2, -0.15) is 13.2 Å². The standard InChI is InChI=1S/C28H25ClF4N2O4/c1-4-34(2)15-17-5-7-18(8-6-17)25(36)39-16-35-23-13-19(28(31,32)33)9-11-21(23)27(30,26(35)37)22-14-20(29)10-12-24(22)38-3/h5-14H,4,15-16H2,1-3H3/t27-/m0/s1. The molecule has 1 amide bonds. The van der Waals surface area contributed by atoms with Crippen molar-refractivity contribution < 1.29 is 36.6 Å². The van der Waals surface area contributed by atoms with Crippen molar-refractivity contribution in [1.29, 1.82) is 0 Å². The minimum Gasteiger partial charge on any atom is -0.496 e. The maximum Gasteiger partial charge on any atom is 0.416 e. The lowest BCUT2D eigenvalue weighted by molar-refractivity contribution is -0.137. The number of hydrogen-bond acceptors (Lipinski definition) is 5. The minimum atomic E-state index is -4.76. The number of nitrogens with zero attached hydrogens (tertiary/aromatic N) is 2. The highest BCUT2D eigenvalue weighted by atomic mass is 35.5. The second kappa shape index (κ2) is 10.9. The number of rotatable bonds is 8. The van der Waals surface area contributed by atoms with Crippen LogP contribution in [0.15, 0.2) is 60.7 Å². The van der Waals surface area contributed by atoms with E-state index < -0.39 is 36.0 Å². The Labute approximate surface area is 227 Å². The van der Waals surface area contributed by atoms with E-state index >= 15 is 4.39 Å². The Hall–Kier alpha value is -3.63. The van der Waals surface area contributed by atoms with Crippen LogP contribution in [0.25, 0.3) is 0 Å². The zero-order valence-corrected chi connectivity index (χ0v) is 22.1. The average molecular weight is 565 g/mol. The van der Waals surface area contributed by atoms with Crippen molar-refractivity contribution in [3.63, 3.8) is 0 Å². The van der Waals surface area contributed by atoms with Gasteiger partial charge < -0.3 is 14.4 Å². The Bertz CT molecular complexity index is 1400. The summed E-state index contributed by atoms with van der Waals surface area (Å²) in [7, 11) is 3.20. The number of halogens is 5. The van der Waals surface area contributed by atoms with Crippen molar-refractivity contribution in [2.24, 2.45) is 0 Å². The van der Waals surface area contributed by atoms with Gasteiger partial charge in [0, 0.05) is 22.7 Å². The van der Waals surface area contributed by atoms with Gasteiger partial charge in [0.05, 0.1) is 23.9 Å². The summed E-state index contributed by atoms with van der Waals surface area (Å²) < 4.78 is 67.8. The average Bonchev–Trinajstić information content (AvgIpc) is 3.13. The predicted octanol–water partition coefficient (Wildman–Crippen LogP) is 6.19. The summed E-state index contributed by atoms with van der Waals surface area (Å²) in [5.41, 5.74) is -3.96. The van der Waals surface area contributed by atoms with E-state index in [0.29, 0.717) is 23.6 Å². The Balaban J connectivity index is 1.68. The fraction of sp³-hybridized carbons (Fsp3) is 0.286. The van der Waals surface area contributed by atoms with Gasteiger partial charge in [0.15, 0.2) is 6.73 Å². The van der Waals surface area contributed by atoms with Crippen LogP contribution in [0, 0.1) is 0 Å². The van der Waals surface area contributed by atoms with Gasteiger partial charge in [-0.3, -0.25) is 9.69 Å². The number of alkyl halides is 4. The zero-order chi connectivity index (χ0) is 28.5. The summed E-state index contributed by atoms with van der Waals surface area (Å²) in [6.07, 6.45) is -4.76. The Morgan fingerprint density at radius 3 is 2.36 bits per heavy atom. The van der Waals surface area contributed by atoms with Crippen LogP contribution in [0.5, 0.6) is 5.75 Å². The lowest BCUT2D eigenvalue weighted by atomic mass is 9.88. The van der Waals surface area contributed by atoms with Crippen LogP contribution in [0.2, 0.25) is 5.02 Å². The van der Waals surface area contributed by atoms with E-state index in [9.17, 15) is 22.8 Å². The Morgan fingerprint density at radius 2 is 1.74 bits per heavy atom. The van der Waals surface area contributed by atoms with E-state index in [4.69, 9.17) is 21.1 Å². The van der Waals surface area contributed by atoms with E-state index in [1.165, 1.54) is 25.3 Å². The Morgan fingerprint density at radius 1 is 1.05 bits per heavy atom. The first-order valence-corrected chi connectivity index (χ1v) is 12.3. The number of carbonyl (C=O) groups is 2. The fourth-order valence-corrected chi connectivity index (χ4v) is 4.52. The molecule has 1 aliphatic heterocycles. The highest BCUT2D eigenvalue weighted by Gasteiger charge is 2.55. The van der Waals surface area contributed by atoms with Crippen molar-refractivity contribution in [3.8, 4) is 5.75 Å². The third-order valence-corrected chi connectivity index (χ3v) is 6.80. The van der Waals surface area contributed by atoms with Gasteiger partial charge in [-0.05, 0) is 61.6 Å². The van der Waals surface area contributed by atoms with Crippen molar-refractivity contribution in [2.75, 3.05) is 32.3 Å². The molecule has 1 aliphatic rings. The number of anilines is 1. The van der Waals surface area contributed by atoms with Crippen LogP contribution in [0.1, 0.15) is 39.5 Å². The molecule has 0 spiro atoms. The van der Waals surface area contributed by atoms with Crippen molar-refractivity contribution in [1.82, 2.24) is 4.90 Å². The predicted molar refractivity (Wildman–Crippen MR) is 138 cm³/mol. The summed E-state index contributed by atoms with van der Waals surface area (Å²) in [5, 5.41) is 0.0857.